The molecule has 168 valence electrons. The third-order valence-electron chi connectivity index (χ3n) is 6.37. The Hall–Kier alpha value is -0.980. The first-order valence-electron chi connectivity index (χ1n) is 13.1. The molecular weight excluding hydrogens is 350 g/mol. The molecule has 1 unspecified atom stereocenters. The summed E-state index contributed by atoms with van der Waals surface area (Å²) in [5.74, 6) is 0. The summed E-state index contributed by atoms with van der Waals surface area (Å²) in [4.78, 5) is 0. The summed E-state index contributed by atoms with van der Waals surface area (Å²) in [6, 6.07) is 4.91. The summed E-state index contributed by atoms with van der Waals surface area (Å²) in [5, 5.41) is 0. The number of allylic oxidation sites excluding steroid dienone is 2. The molecule has 1 rings (SSSR count). The molecule has 0 radical (unpaired) electrons. The van der Waals surface area contributed by atoms with Crippen LogP contribution in [0.2, 0.25) is 0 Å². The van der Waals surface area contributed by atoms with Crippen molar-refractivity contribution in [1.29, 1.82) is 0 Å². The molecule has 0 spiro atoms. The third-order valence-corrected chi connectivity index (χ3v) is 6.37. The van der Waals surface area contributed by atoms with Crippen molar-refractivity contribution in [3.8, 4) is 0 Å². The van der Waals surface area contributed by atoms with Gasteiger partial charge in [-0.3, -0.25) is 0 Å². The zero-order chi connectivity index (χ0) is 21.0. The van der Waals surface area contributed by atoms with E-state index in [1.54, 1.807) is 5.57 Å². The van der Waals surface area contributed by atoms with Crippen molar-refractivity contribution in [2.75, 3.05) is 0 Å². The lowest BCUT2D eigenvalue weighted by atomic mass is 9.98. The van der Waals surface area contributed by atoms with E-state index in [9.17, 15) is 0 Å². The monoisotopic (exact) mass is 401 g/mol. The maximum atomic E-state index is 2.51. The SMILES string of the molecule is CCCCCCC=C(C)C(CCCCCCCCCCCCCC)n1cccc1. The fraction of sp³-hybridized carbons (Fsp3) is 0.786. The molecule has 1 aromatic rings. The van der Waals surface area contributed by atoms with E-state index in [1.807, 2.05) is 0 Å². The van der Waals surface area contributed by atoms with E-state index in [-0.39, 0.29) is 0 Å². The average Bonchev–Trinajstić information content (AvgIpc) is 3.25. The largest absolute Gasteiger partial charge is 0.347 e. The molecule has 0 aliphatic rings. The summed E-state index contributed by atoms with van der Waals surface area (Å²) in [5.41, 5.74) is 1.57. The Balaban J connectivity index is 2.16. The normalized spacial score (nSPS) is 13.1. The van der Waals surface area contributed by atoms with Crippen LogP contribution in [0.5, 0.6) is 0 Å². The molecule has 0 aromatic carbocycles. The number of hydrogen-bond acceptors (Lipinski definition) is 0. The van der Waals surface area contributed by atoms with Crippen molar-refractivity contribution in [3.63, 3.8) is 0 Å². The highest BCUT2D eigenvalue weighted by atomic mass is 15.0. The summed E-state index contributed by atoms with van der Waals surface area (Å²) in [6.07, 6.45) is 32.2. The lowest BCUT2D eigenvalue weighted by Crippen LogP contribution is -2.08. The Kier molecular flexibility index (Phi) is 17.1. The number of aromatic nitrogens is 1. The number of rotatable bonds is 20. The number of hydrogen-bond donors (Lipinski definition) is 0. The van der Waals surface area contributed by atoms with Crippen LogP contribution >= 0.6 is 0 Å². The lowest BCUT2D eigenvalue weighted by Gasteiger charge is -2.20. The van der Waals surface area contributed by atoms with E-state index in [4.69, 9.17) is 0 Å². The average molecular weight is 402 g/mol. The second-order valence-electron chi connectivity index (χ2n) is 9.12. The molecule has 0 saturated heterocycles. The second kappa shape index (κ2) is 19.0. The van der Waals surface area contributed by atoms with Crippen molar-refractivity contribution >= 4 is 0 Å². The number of nitrogens with zero attached hydrogens (tertiary/aromatic N) is 1. The van der Waals surface area contributed by atoms with Gasteiger partial charge in [0.1, 0.15) is 0 Å². The van der Waals surface area contributed by atoms with E-state index < -0.39 is 0 Å². The van der Waals surface area contributed by atoms with E-state index >= 15 is 0 Å². The van der Waals surface area contributed by atoms with Gasteiger partial charge in [0.25, 0.3) is 0 Å². The van der Waals surface area contributed by atoms with Gasteiger partial charge in [-0.1, -0.05) is 122 Å². The van der Waals surface area contributed by atoms with Gasteiger partial charge in [-0.15, -0.1) is 0 Å². The standard InChI is InChI=1S/C28H51N/c1-4-6-8-10-11-12-13-14-15-16-18-20-24-28(29-25-21-22-26-29)27(3)23-19-17-9-7-5-2/h21-23,25-26,28H,4-20,24H2,1-3H3. The van der Waals surface area contributed by atoms with E-state index in [1.165, 1.54) is 116 Å². The van der Waals surface area contributed by atoms with Gasteiger partial charge in [0.2, 0.25) is 0 Å². The van der Waals surface area contributed by atoms with Gasteiger partial charge in [-0.05, 0) is 38.3 Å². The molecule has 29 heavy (non-hydrogen) atoms. The van der Waals surface area contributed by atoms with Crippen LogP contribution in [-0.2, 0) is 0 Å². The first-order valence-corrected chi connectivity index (χ1v) is 13.1. The molecule has 0 aliphatic carbocycles. The van der Waals surface area contributed by atoms with E-state index in [0.29, 0.717) is 6.04 Å². The highest BCUT2D eigenvalue weighted by molar-refractivity contribution is 5.09. The molecular formula is C28H51N. The summed E-state index contributed by atoms with van der Waals surface area (Å²) in [6.45, 7) is 6.94. The predicted molar refractivity (Wildman–Crippen MR) is 132 cm³/mol. The predicted octanol–water partition coefficient (Wildman–Crippen LogP) is 10.0. The van der Waals surface area contributed by atoms with Crippen LogP contribution in [-0.4, -0.2) is 4.57 Å². The number of unbranched alkanes of at least 4 members (excludes halogenated alkanes) is 15. The Morgan fingerprint density at radius 2 is 1.10 bits per heavy atom. The molecule has 1 atom stereocenters. The zero-order valence-electron chi connectivity index (χ0n) is 20.1. The highest BCUT2D eigenvalue weighted by Gasteiger charge is 2.11. The summed E-state index contributed by atoms with van der Waals surface area (Å²) < 4.78 is 2.43. The molecule has 0 bridgehead atoms. The molecule has 1 aromatic heterocycles. The maximum absolute atomic E-state index is 2.51. The highest BCUT2D eigenvalue weighted by Crippen LogP contribution is 2.25. The van der Waals surface area contributed by atoms with Crippen LogP contribution in [0, 0.1) is 0 Å². The molecule has 0 N–H and O–H groups in total. The quantitative estimate of drug-likeness (QED) is 0.151. The van der Waals surface area contributed by atoms with Crippen LogP contribution in [0.1, 0.15) is 142 Å². The maximum Gasteiger partial charge on any atom is 0.0537 e. The van der Waals surface area contributed by atoms with Gasteiger partial charge in [-0.2, -0.15) is 0 Å². The van der Waals surface area contributed by atoms with Crippen LogP contribution in [0.3, 0.4) is 0 Å². The minimum absolute atomic E-state index is 0.569. The molecule has 0 amide bonds. The third kappa shape index (κ3) is 13.8. The van der Waals surface area contributed by atoms with Crippen molar-refractivity contribution in [1.82, 2.24) is 4.57 Å². The molecule has 1 heteroatoms. The lowest BCUT2D eigenvalue weighted by molar-refractivity contribution is 0.481. The van der Waals surface area contributed by atoms with Crippen molar-refractivity contribution in [2.24, 2.45) is 0 Å². The van der Waals surface area contributed by atoms with Gasteiger partial charge >= 0.3 is 0 Å². The minimum Gasteiger partial charge on any atom is -0.347 e. The van der Waals surface area contributed by atoms with Crippen LogP contribution in [0.15, 0.2) is 36.2 Å². The fourth-order valence-corrected chi connectivity index (χ4v) is 4.38. The van der Waals surface area contributed by atoms with Gasteiger partial charge in [0.05, 0.1) is 6.04 Å². The van der Waals surface area contributed by atoms with Crippen LogP contribution < -0.4 is 0 Å². The van der Waals surface area contributed by atoms with E-state index in [0.717, 1.165) is 0 Å². The fourth-order valence-electron chi connectivity index (χ4n) is 4.38. The summed E-state index contributed by atoms with van der Waals surface area (Å²) >= 11 is 0. The van der Waals surface area contributed by atoms with Gasteiger partial charge < -0.3 is 4.57 Å². The Morgan fingerprint density at radius 1 is 0.655 bits per heavy atom. The Bertz CT molecular complexity index is 471. The van der Waals surface area contributed by atoms with Crippen molar-refractivity contribution in [2.45, 2.75) is 142 Å². The smallest absolute Gasteiger partial charge is 0.0537 e. The van der Waals surface area contributed by atoms with E-state index in [2.05, 4.69) is 55.9 Å². The Labute approximate surface area is 183 Å². The van der Waals surface area contributed by atoms with Gasteiger partial charge in [0, 0.05) is 12.4 Å². The molecule has 0 aliphatic heterocycles. The Morgan fingerprint density at radius 3 is 1.62 bits per heavy atom. The summed E-state index contributed by atoms with van der Waals surface area (Å²) in [7, 11) is 0. The molecule has 0 saturated carbocycles. The molecule has 1 nitrogen and oxygen atoms in total. The van der Waals surface area contributed by atoms with Crippen molar-refractivity contribution in [3.05, 3.63) is 36.2 Å². The van der Waals surface area contributed by atoms with Gasteiger partial charge in [-0.25, -0.2) is 0 Å². The second-order valence-corrected chi connectivity index (χ2v) is 9.12. The topological polar surface area (TPSA) is 4.93 Å². The van der Waals surface area contributed by atoms with Crippen LogP contribution in [0.25, 0.3) is 0 Å². The molecule has 1 heterocycles. The minimum atomic E-state index is 0.569. The zero-order valence-corrected chi connectivity index (χ0v) is 20.1. The van der Waals surface area contributed by atoms with Crippen LogP contribution in [0.4, 0.5) is 0 Å². The van der Waals surface area contributed by atoms with Gasteiger partial charge in [0.15, 0.2) is 0 Å². The first-order chi connectivity index (χ1) is 14.3. The van der Waals surface area contributed by atoms with Crippen molar-refractivity contribution < 1.29 is 0 Å². The molecule has 0 fully saturated rings. The first kappa shape index (κ1) is 26.1.